The predicted molar refractivity (Wildman–Crippen MR) is 120 cm³/mol. The lowest BCUT2D eigenvalue weighted by Gasteiger charge is -2.17. The molecule has 0 aromatic heterocycles. The fourth-order valence-corrected chi connectivity index (χ4v) is 3.05. The molecule has 3 aromatic carbocycles. The van der Waals surface area contributed by atoms with Gasteiger partial charge in [-0.05, 0) is 66.9 Å². The van der Waals surface area contributed by atoms with E-state index in [4.69, 9.17) is 21.1 Å². The number of benzene rings is 3. The molecule has 156 valence electrons. The van der Waals surface area contributed by atoms with Crippen molar-refractivity contribution in [3.63, 3.8) is 0 Å². The molecule has 0 bridgehead atoms. The van der Waals surface area contributed by atoms with Gasteiger partial charge in [-0.2, -0.15) is 0 Å². The first-order chi connectivity index (χ1) is 14.6. The van der Waals surface area contributed by atoms with Crippen molar-refractivity contribution >= 4 is 17.5 Å². The van der Waals surface area contributed by atoms with Crippen LogP contribution in [0.5, 0.6) is 11.5 Å². The number of halogens is 1. The molecule has 0 saturated carbocycles. The van der Waals surface area contributed by atoms with Crippen molar-refractivity contribution in [2.45, 2.75) is 19.4 Å². The monoisotopic (exact) mass is 423 g/mol. The van der Waals surface area contributed by atoms with E-state index in [0.29, 0.717) is 30.3 Å². The minimum atomic E-state index is 0.00299. The highest BCUT2D eigenvalue weighted by Gasteiger charge is 2.11. The van der Waals surface area contributed by atoms with E-state index in [0.717, 1.165) is 29.9 Å². The first kappa shape index (κ1) is 21.7. The minimum absolute atomic E-state index is 0.00299. The van der Waals surface area contributed by atoms with Gasteiger partial charge in [0, 0.05) is 24.2 Å². The Hall–Kier alpha value is -2.98. The zero-order valence-electron chi connectivity index (χ0n) is 17.1. The van der Waals surface area contributed by atoms with Crippen molar-refractivity contribution in [1.82, 2.24) is 4.90 Å². The van der Waals surface area contributed by atoms with Gasteiger partial charge in [-0.15, -0.1) is 0 Å². The zero-order chi connectivity index (χ0) is 21.2. The Morgan fingerprint density at radius 1 is 0.833 bits per heavy atom. The topological polar surface area (TPSA) is 38.8 Å². The summed E-state index contributed by atoms with van der Waals surface area (Å²) in [7, 11) is 1.82. The first-order valence-corrected chi connectivity index (χ1v) is 10.4. The van der Waals surface area contributed by atoms with Crippen LogP contribution in [0.1, 0.15) is 28.8 Å². The highest BCUT2D eigenvalue weighted by Crippen LogP contribution is 2.17. The quantitative estimate of drug-likeness (QED) is 0.384. The molecule has 0 aliphatic carbocycles. The highest BCUT2D eigenvalue weighted by atomic mass is 35.5. The van der Waals surface area contributed by atoms with E-state index in [2.05, 4.69) is 0 Å². The maximum atomic E-state index is 12.6. The van der Waals surface area contributed by atoms with Crippen molar-refractivity contribution in [3.05, 3.63) is 95.0 Å². The summed E-state index contributed by atoms with van der Waals surface area (Å²) in [6, 6.07) is 24.6. The Kier molecular flexibility index (Phi) is 8.16. The maximum Gasteiger partial charge on any atom is 0.253 e. The molecule has 4 nitrogen and oxygen atoms in total. The molecular weight excluding hydrogens is 398 g/mol. The van der Waals surface area contributed by atoms with Crippen molar-refractivity contribution in [2.24, 2.45) is 0 Å². The highest BCUT2D eigenvalue weighted by molar-refractivity contribution is 6.30. The van der Waals surface area contributed by atoms with Crippen LogP contribution in [0.25, 0.3) is 0 Å². The summed E-state index contributed by atoms with van der Waals surface area (Å²) >= 11 is 5.86. The molecule has 1 amide bonds. The molecule has 0 unspecified atom stereocenters. The third kappa shape index (κ3) is 6.82. The van der Waals surface area contributed by atoms with E-state index in [9.17, 15) is 4.79 Å². The molecule has 0 radical (unpaired) electrons. The summed E-state index contributed by atoms with van der Waals surface area (Å²) < 4.78 is 11.5. The number of amides is 1. The van der Waals surface area contributed by atoms with Crippen molar-refractivity contribution < 1.29 is 14.3 Å². The third-order valence-corrected chi connectivity index (χ3v) is 4.92. The Labute approximate surface area is 183 Å². The number of hydrogen-bond donors (Lipinski definition) is 0. The Morgan fingerprint density at radius 2 is 1.47 bits per heavy atom. The number of carbonyl (C=O) groups excluding carboxylic acids is 1. The molecule has 0 fully saturated rings. The number of hydrogen-bond acceptors (Lipinski definition) is 3. The fraction of sp³-hybridized carbons (Fsp3) is 0.240. The van der Waals surface area contributed by atoms with Crippen LogP contribution < -0.4 is 9.47 Å². The first-order valence-electron chi connectivity index (χ1n) is 10.0. The molecule has 0 heterocycles. The molecule has 30 heavy (non-hydrogen) atoms. The van der Waals surface area contributed by atoms with Crippen LogP contribution >= 0.6 is 11.6 Å². The van der Waals surface area contributed by atoms with Crippen molar-refractivity contribution in [2.75, 3.05) is 20.2 Å². The van der Waals surface area contributed by atoms with Crippen LogP contribution in [0, 0.1) is 0 Å². The fourth-order valence-electron chi connectivity index (χ4n) is 2.93. The van der Waals surface area contributed by atoms with Gasteiger partial charge in [-0.3, -0.25) is 4.79 Å². The van der Waals surface area contributed by atoms with Gasteiger partial charge in [0.25, 0.3) is 5.91 Å². The van der Waals surface area contributed by atoms with Crippen LogP contribution in [-0.2, 0) is 6.61 Å². The lowest BCUT2D eigenvalue weighted by atomic mass is 10.2. The second-order valence-corrected chi connectivity index (χ2v) is 7.47. The zero-order valence-corrected chi connectivity index (χ0v) is 17.8. The number of nitrogens with zero attached hydrogens (tertiary/aromatic N) is 1. The summed E-state index contributed by atoms with van der Waals surface area (Å²) in [6.07, 6.45) is 1.74. The number of rotatable bonds is 10. The Balaban J connectivity index is 1.37. The summed E-state index contributed by atoms with van der Waals surface area (Å²) in [5, 5.41) is 0.693. The predicted octanol–water partition coefficient (Wildman–Crippen LogP) is 5.85. The largest absolute Gasteiger partial charge is 0.494 e. The number of ether oxygens (including phenoxy) is 2. The minimum Gasteiger partial charge on any atom is -0.494 e. The average molecular weight is 424 g/mol. The van der Waals surface area contributed by atoms with E-state index >= 15 is 0 Å². The summed E-state index contributed by atoms with van der Waals surface area (Å²) in [4.78, 5) is 14.3. The van der Waals surface area contributed by atoms with Gasteiger partial charge in [-0.25, -0.2) is 0 Å². The van der Waals surface area contributed by atoms with Gasteiger partial charge in [0.15, 0.2) is 0 Å². The molecule has 0 N–H and O–H groups in total. The van der Waals surface area contributed by atoms with Crippen molar-refractivity contribution in [3.8, 4) is 11.5 Å². The smallest absolute Gasteiger partial charge is 0.253 e. The van der Waals surface area contributed by atoms with Gasteiger partial charge in [-0.1, -0.05) is 41.9 Å². The molecule has 5 heteroatoms. The Morgan fingerprint density at radius 3 is 2.17 bits per heavy atom. The SMILES string of the molecule is CN(CCCCOc1ccc(Cl)cc1)C(=O)c1ccc(OCc2ccccc2)cc1. The molecule has 0 aliphatic rings. The molecule has 0 aliphatic heterocycles. The lowest BCUT2D eigenvalue weighted by molar-refractivity contribution is 0.0791. The van der Waals surface area contributed by atoms with Crippen molar-refractivity contribution in [1.29, 1.82) is 0 Å². The van der Waals surface area contributed by atoms with Crippen LogP contribution in [0.2, 0.25) is 5.02 Å². The van der Waals surface area contributed by atoms with E-state index in [-0.39, 0.29) is 5.91 Å². The van der Waals surface area contributed by atoms with E-state index < -0.39 is 0 Å². The van der Waals surface area contributed by atoms with Gasteiger partial charge < -0.3 is 14.4 Å². The Bertz CT molecular complexity index is 911. The van der Waals surface area contributed by atoms with Gasteiger partial charge in [0.05, 0.1) is 6.61 Å². The van der Waals surface area contributed by atoms with Gasteiger partial charge in [0.1, 0.15) is 18.1 Å². The molecule has 0 atom stereocenters. The maximum absolute atomic E-state index is 12.6. The van der Waals surface area contributed by atoms with E-state index in [1.54, 1.807) is 17.0 Å². The van der Waals surface area contributed by atoms with Crippen LogP contribution in [-0.4, -0.2) is 31.0 Å². The standard InChI is InChI=1S/C25H26ClNO3/c1-27(17-5-6-18-29-23-15-11-22(26)12-16-23)25(28)21-9-13-24(14-10-21)30-19-20-7-3-2-4-8-20/h2-4,7-16H,5-6,17-19H2,1H3. The van der Waals surface area contributed by atoms with Crippen LogP contribution in [0.4, 0.5) is 0 Å². The number of unbranched alkanes of at least 4 members (excludes halogenated alkanes) is 1. The van der Waals surface area contributed by atoms with Gasteiger partial charge >= 0.3 is 0 Å². The van der Waals surface area contributed by atoms with E-state index in [1.165, 1.54) is 0 Å². The molecule has 3 rings (SSSR count). The third-order valence-electron chi connectivity index (χ3n) is 4.67. The van der Waals surface area contributed by atoms with Crippen LogP contribution in [0.15, 0.2) is 78.9 Å². The average Bonchev–Trinajstić information content (AvgIpc) is 2.79. The van der Waals surface area contributed by atoms with Crippen LogP contribution in [0.3, 0.4) is 0 Å². The summed E-state index contributed by atoms with van der Waals surface area (Å²) in [6.45, 7) is 1.79. The second kappa shape index (κ2) is 11.3. The molecule has 0 spiro atoms. The lowest BCUT2D eigenvalue weighted by Crippen LogP contribution is -2.27. The molecular formula is C25H26ClNO3. The molecule has 0 saturated heterocycles. The molecule has 3 aromatic rings. The summed E-state index contributed by atoms with van der Waals surface area (Å²) in [5.41, 5.74) is 1.76. The normalized spacial score (nSPS) is 10.5. The summed E-state index contributed by atoms with van der Waals surface area (Å²) in [5.74, 6) is 1.55. The number of carbonyl (C=O) groups is 1. The van der Waals surface area contributed by atoms with E-state index in [1.807, 2.05) is 73.8 Å². The second-order valence-electron chi connectivity index (χ2n) is 7.03. The van der Waals surface area contributed by atoms with Gasteiger partial charge in [0.2, 0.25) is 0 Å².